The second-order valence-electron chi connectivity index (χ2n) is 6.00. The number of rotatable bonds is 3. The first-order valence-corrected chi connectivity index (χ1v) is 7.80. The third kappa shape index (κ3) is 2.56. The van der Waals surface area contributed by atoms with Gasteiger partial charge in [0.2, 0.25) is 0 Å². The lowest BCUT2D eigenvalue weighted by Gasteiger charge is -2.45. The first kappa shape index (κ1) is 13.1. The summed E-state index contributed by atoms with van der Waals surface area (Å²) in [6, 6.07) is 9.52. The van der Waals surface area contributed by atoms with Crippen LogP contribution >= 0.6 is 0 Å². The molecular weight excluding hydrogens is 234 g/mol. The Kier molecular flexibility index (Phi) is 3.90. The Morgan fingerprint density at radius 1 is 1.37 bits per heavy atom. The maximum atomic E-state index is 6.30. The number of aryl methyl sites for hydroxylation is 1. The van der Waals surface area contributed by atoms with Crippen molar-refractivity contribution < 1.29 is 4.74 Å². The van der Waals surface area contributed by atoms with E-state index in [9.17, 15) is 0 Å². The predicted molar refractivity (Wildman–Crippen MR) is 78.3 cm³/mol. The molecule has 2 aliphatic rings. The van der Waals surface area contributed by atoms with E-state index in [0.717, 1.165) is 26.0 Å². The van der Waals surface area contributed by atoms with Crippen molar-refractivity contribution in [2.45, 2.75) is 57.1 Å². The van der Waals surface area contributed by atoms with E-state index in [1.807, 2.05) is 0 Å². The Hall–Kier alpha value is -0.860. The monoisotopic (exact) mass is 259 g/mol. The Morgan fingerprint density at radius 3 is 3.16 bits per heavy atom. The lowest BCUT2D eigenvalue weighted by atomic mass is 9.74. The van der Waals surface area contributed by atoms with Crippen LogP contribution in [-0.4, -0.2) is 19.2 Å². The zero-order valence-electron chi connectivity index (χ0n) is 12.0. The summed E-state index contributed by atoms with van der Waals surface area (Å²) in [5.41, 5.74) is 2.97. The van der Waals surface area contributed by atoms with Crippen LogP contribution in [0.3, 0.4) is 0 Å². The SMILES string of the molecule is CCCNC1CCOC2(CCCc3ccccc32)C1. The highest BCUT2D eigenvalue weighted by Crippen LogP contribution is 2.44. The molecule has 19 heavy (non-hydrogen) atoms. The number of fused-ring (bicyclic) bond motifs is 2. The van der Waals surface area contributed by atoms with E-state index in [0.29, 0.717) is 6.04 Å². The van der Waals surface area contributed by atoms with Gasteiger partial charge in [-0.25, -0.2) is 0 Å². The van der Waals surface area contributed by atoms with E-state index in [1.165, 1.54) is 36.8 Å². The standard InChI is InChI=1S/C17H25NO/c1-2-11-18-15-9-12-19-17(13-15)10-5-7-14-6-3-4-8-16(14)17/h3-4,6,8,15,18H,2,5,7,9-13H2,1H3. The fourth-order valence-electron chi connectivity index (χ4n) is 3.72. The van der Waals surface area contributed by atoms with Gasteiger partial charge in [-0.1, -0.05) is 31.2 Å². The molecule has 1 aromatic carbocycles. The number of benzene rings is 1. The molecule has 0 saturated carbocycles. The van der Waals surface area contributed by atoms with Gasteiger partial charge in [-0.05, 0) is 56.2 Å². The number of nitrogens with one attached hydrogen (secondary N) is 1. The molecule has 2 nitrogen and oxygen atoms in total. The van der Waals surface area contributed by atoms with Crippen LogP contribution in [-0.2, 0) is 16.8 Å². The maximum absolute atomic E-state index is 6.30. The zero-order chi connectivity index (χ0) is 13.1. The number of hydrogen-bond acceptors (Lipinski definition) is 2. The topological polar surface area (TPSA) is 21.3 Å². The molecular formula is C17H25NO. The average molecular weight is 259 g/mol. The molecule has 2 heteroatoms. The van der Waals surface area contributed by atoms with E-state index < -0.39 is 0 Å². The summed E-state index contributed by atoms with van der Waals surface area (Å²) in [5.74, 6) is 0. The fourth-order valence-corrected chi connectivity index (χ4v) is 3.72. The smallest absolute Gasteiger partial charge is 0.0948 e. The number of ether oxygens (including phenoxy) is 1. The first-order chi connectivity index (χ1) is 9.34. The molecule has 1 heterocycles. The molecule has 1 saturated heterocycles. The molecule has 1 fully saturated rings. The molecule has 1 aliphatic carbocycles. The van der Waals surface area contributed by atoms with Crippen molar-refractivity contribution in [1.82, 2.24) is 5.32 Å². The van der Waals surface area contributed by atoms with E-state index in [4.69, 9.17) is 4.74 Å². The predicted octanol–water partition coefficient (Wildman–Crippen LogP) is 3.40. The van der Waals surface area contributed by atoms with Crippen molar-refractivity contribution >= 4 is 0 Å². The van der Waals surface area contributed by atoms with Crippen LogP contribution in [0.1, 0.15) is 50.2 Å². The minimum Gasteiger partial charge on any atom is -0.370 e. The van der Waals surface area contributed by atoms with Crippen LogP contribution < -0.4 is 5.32 Å². The molecule has 2 unspecified atom stereocenters. The van der Waals surface area contributed by atoms with Gasteiger partial charge in [0.05, 0.1) is 5.60 Å². The van der Waals surface area contributed by atoms with Crippen molar-refractivity contribution in [1.29, 1.82) is 0 Å². The summed E-state index contributed by atoms with van der Waals surface area (Å²) >= 11 is 0. The second-order valence-corrected chi connectivity index (χ2v) is 6.00. The third-order valence-corrected chi connectivity index (χ3v) is 4.64. The summed E-state index contributed by atoms with van der Waals surface area (Å²) in [6.45, 7) is 4.26. The molecule has 1 aromatic rings. The quantitative estimate of drug-likeness (QED) is 0.898. The summed E-state index contributed by atoms with van der Waals surface area (Å²) in [4.78, 5) is 0. The molecule has 0 bridgehead atoms. The van der Waals surface area contributed by atoms with Crippen LogP contribution in [0.2, 0.25) is 0 Å². The fraction of sp³-hybridized carbons (Fsp3) is 0.647. The van der Waals surface area contributed by atoms with Crippen LogP contribution in [0.4, 0.5) is 0 Å². The minimum atomic E-state index is -0.00149. The van der Waals surface area contributed by atoms with Crippen molar-refractivity contribution in [2.75, 3.05) is 13.2 Å². The normalized spacial score (nSPS) is 30.3. The summed E-state index contributed by atoms with van der Waals surface area (Å²) in [7, 11) is 0. The maximum Gasteiger partial charge on any atom is 0.0948 e. The minimum absolute atomic E-state index is 0.00149. The van der Waals surface area contributed by atoms with Crippen LogP contribution in [0, 0.1) is 0 Å². The molecule has 1 aliphatic heterocycles. The van der Waals surface area contributed by atoms with Gasteiger partial charge in [0, 0.05) is 12.6 Å². The third-order valence-electron chi connectivity index (χ3n) is 4.64. The Labute approximate surface area is 116 Å². The van der Waals surface area contributed by atoms with Crippen LogP contribution in [0.15, 0.2) is 24.3 Å². The highest BCUT2D eigenvalue weighted by atomic mass is 16.5. The van der Waals surface area contributed by atoms with E-state index in [1.54, 1.807) is 0 Å². The van der Waals surface area contributed by atoms with Crippen molar-refractivity contribution in [3.8, 4) is 0 Å². The lowest BCUT2D eigenvalue weighted by Crippen LogP contribution is -2.47. The van der Waals surface area contributed by atoms with Gasteiger partial charge in [0.25, 0.3) is 0 Å². The van der Waals surface area contributed by atoms with E-state index in [2.05, 4.69) is 36.5 Å². The number of hydrogen-bond donors (Lipinski definition) is 1. The van der Waals surface area contributed by atoms with Gasteiger partial charge in [-0.3, -0.25) is 0 Å². The molecule has 0 aromatic heterocycles. The molecule has 1 N–H and O–H groups in total. The molecule has 2 atom stereocenters. The van der Waals surface area contributed by atoms with Crippen molar-refractivity contribution in [3.63, 3.8) is 0 Å². The van der Waals surface area contributed by atoms with E-state index >= 15 is 0 Å². The molecule has 1 spiro atoms. The van der Waals surface area contributed by atoms with Gasteiger partial charge < -0.3 is 10.1 Å². The average Bonchev–Trinajstić information content (AvgIpc) is 2.46. The lowest BCUT2D eigenvalue weighted by molar-refractivity contribution is -0.104. The first-order valence-electron chi connectivity index (χ1n) is 7.80. The Morgan fingerprint density at radius 2 is 2.26 bits per heavy atom. The molecule has 0 radical (unpaired) electrons. The van der Waals surface area contributed by atoms with Gasteiger partial charge in [0.15, 0.2) is 0 Å². The van der Waals surface area contributed by atoms with Crippen LogP contribution in [0.5, 0.6) is 0 Å². The van der Waals surface area contributed by atoms with E-state index in [-0.39, 0.29) is 5.60 Å². The largest absolute Gasteiger partial charge is 0.370 e. The zero-order valence-corrected chi connectivity index (χ0v) is 12.0. The van der Waals surface area contributed by atoms with Crippen molar-refractivity contribution in [2.24, 2.45) is 0 Å². The molecule has 0 amide bonds. The molecule has 3 rings (SSSR count). The Bertz CT molecular complexity index is 431. The van der Waals surface area contributed by atoms with Gasteiger partial charge in [0.1, 0.15) is 0 Å². The molecule has 104 valence electrons. The van der Waals surface area contributed by atoms with Gasteiger partial charge >= 0.3 is 0 Å². The van der Waals surface area contributed by atoms with Crippen LogP contribution in [0.25, 0.3) is 0 Å². The Balaban J connectivity index is 1.83. The summed E-state index contributed by atoms with van der Waals surface area (Å²) in [6.07, 6.45) is 7.18. The summed E-state index contributed by atoms with van der Waals surface area (Å²) in [5, 5.41) is 3.69. The second kappa shape index (κ2) is 5.64. The van der Waals surface area contributed by atoms with Gasteiger partial charge in [-0.15, -0.1) is 0 Å². The van der Waals surface area contributed by atoms with Crippen molar-refractivity contribution in [3.05, 3.63) is 35.4 Å². The highest BCUT2D eigenvalue weighted by molar-refractivity contribution is 5.35. The summed E-state index contributed by atoms with van der Waals surface area (Å²) < 4.78 is 6.30. The highest BCUT2D eigenvalue weighted by Gasteiger charge is 2.41. The van der Waals surface area contributed by atoms with Gasteiger partial charge in [-0.2, -0.15) is 0 Å².